The maximum atomic E-state index is 12.1. The third kappa shape index (κ3) is 27.2. The van der Waals surface area contributed by atoms with Crippen LogP contribution in [0, 0.1) is 6.92 Å². The summed E-state index contributed by atoms with van der Waals surface area (Å²) in [6, 6.07) is 6.48. The largest absolute Gasteiger partial charge is 0.377 e. The van der Waals surface area contributed by atoms with Crippen molar-refractivity contribution in [1.82, 2.24) is 0 Å². The highest BCUT2D eigenvalue weighted by Gasteiger charge is 2.14. The van der Waals surface area contributed by atoms with Crippen LogP contribution < -0.4 is 0 Å². The average molecular weight is 701 g/mol. The third-order valence-electron chi connectivity index (χ3n) is 5.90. The summed E-state index contributed by atoms with van der Waals surface area (Å²) >= 11 is 0. The van der Waals surface area contributed by atoms with Crippen LogP contribution in [0.2, 0.25) is 0 Å². The maximum Gasteiger partial charge on any atom is 0.297 e. The quantitative estimate of drug-likeness (QED) is 0.0564. The molecule has 16 heteroatoms. The van der Waals surface area contributed by atoms with Gasteiger partial charge in [-0.1, -0.05) is 17.7 Å². The first kappa shape index (κ1) is 43.7. The smallest absolute Gasteiger partial charge is 0.297 e. The number of hydrogen-bond donors (Lipinski definition) is 0. The average Bonchev–Trinajstić information content (AvgIpc) is 3.07. The van der Waals surface area contributed by atoms with E-state index in [9.17, 15) is 8.42 Å². The normalized spacial score (nSPS) is 12.0. The van der Waals surface area contributed by atoms with Crippen LogP contribution >= 0.6 is 0 Å². The lowest BCUT2D eigenvalue weighted by molar-refractivity contribution is -0.143. The summed E-state index contributed by atoms with van der Waals surface area (Å²) < 4.78 is 93.4. The molecule has 0 N–H and O–H groups in total. The molecule has 0 saturated heterocycles. The maximum absolute atomic E-state index is 12.1. The second-order valence-electron chi connectivity index (χ2n) is 9.58. The number of ether oxygens (including phenoxy) is 12. The van der Waals surface area contributed by atoms with Gasteiger partial charge < -0.3 is 56.8 Å². The summed E-state index contributed by atoms with van der Waals surface area (Å²) in [6.07, 6.45) is -0.359. The first-order valence-electron chi connectivity index (χ1n) is 15.8. The Kier molecular flexibility index (Phi) is 29.6. The topological polar surface area (TPSA) is 154 Å². The SMILES string of the molecule is COC(COCCOCCOCCOCCOCCOCCOCCOCCOCCOCCOS(=O)(=O)c1ccc(C)cc1)OC. The summed E-state index contributed by atoms with van der Waals surface area (Å²) in [4.78, 5) is 0.127. The van der Waals surface area contributed by atoms with Crippen LogP contribution in [0.15, 0.2) is 29.2 Å². The highest BCUT2D eigenvalue weighted by molar-refractivity contribution is 7.86. The molecule has 0 aromatic heterocycles. The van der Waals surface area contributed by atoms with Gasteiger partial charge in [0.2, 0.25) is 0 Å². The van der Waals surface area contributed by atoms with Gasteiger partial charge in [-0.2, -0.15) is 8.42 Å². The van der Waals surface area contributed by atoms with E-state index >= 15 is 0 Å². The molecule has 0 spiro atoms. The molecule has 47 heavy (non-hydrogen) atoms. The van der Waals surface area contributed by atoms with E-state index in [1.165, 1.54) is 12.1 Å². The fraction of sp³-hybridized carbons (Fsp3) is 0.806. The Morgan fingerprint density at radius 1 is 0.447 bits per heavy atom. The van der Waals surface area contributed by atoms with Crippen LogP contribution in [0.1, 0.15) is 5.56 Å². The zero-order valence-corrected chi connectivity index (χ0v) is 29.1. The van der Waals surface area contributed by atoms with Crippen LogP contribution in [0.3, 0.4) is 0 Å². The number of benzene rings is 1. The first-order chi connectivity index (χ1) is 23.0. The van der Waals surface area contributed by atoms with Crippen LogP contribution in [0.25, 0.3) is 0 Å². The predicted molar refractivity (Wildman–Crippen MR) is 170 cm³/mol. The molecule has 0 unspecified atom stereocenters. The van der Waals surface area contributed by atoms with Gasteiger partial charge in [0.05, 0.1) is 144 Å². The molecule has 0 heterocycles. The lowest BCUT2D eigenvalue weighted by Crippen LogP contribution is -2.21. The summed E-state index contributed by atoms with van der Waals surface area (Å²) in [5.41, 5.74) is 0.974. The molecule has 0 amide bonds. The molecule has 0 radical (unpaired) electrons. The Morgan fingerprint density at radius 3 is 1.02 bits per heavy atom. The van der Waals surface area contributed by atoms with Crippen molar-refractivity contribution in [2.75, 3.05) is 153 Å². The van der Waals surface area contributed by atoms with E-state index in [0.29, 0.717) is 126 Å². The van der Waals surface area contributed by atoms with E-state index in [0.717, 1.165) is 5.56 Å². The van der Waals surface area contributed by atoms with Gasteiger partial charge in [0.15, 0.2) is 6.29 Å². The number of methoxy groups -OCH3 is 2. The third-order valence-corrected chi connectivity index (χ3v) is 7.23. The summed E-state index contributed by atoms with van der Waals surface area (Å²) in [6.45, 7) is 10.6. The Hall–Kier alpha value is -1.35. The molecular formula is C31H56O15S. The van der Waals surface area contributed by atoms with Gasteiger partial charge in [-0.25, -0.2) is 0 Å². The zero-order chi connectivity index (χ0) is 34.1. The molecule has 0 aliphatic carbocycles. The molecule has 276 valence electrons. The van der Waals surface area contributed by atoms with Crippen molar-refractivity contribution in [1.29, 1.82) is 0 Å². The van der Waals surface area contributed by atoms with Gasteiger partial charge in [-0.15, -0.1) is 0 Å². The number of hydrogen-bond acceptors (Lipinski definition) is 15. The van der Waals surface area contributed by atoms with E-state index in [4.69, 9.17) is 61.0 Å². The van der Waals surface area contributed by atoms with Gasteiger partial charge in [0.1, 0.15) is 0 Å². The molecule has 1 aromatic rings. The van der Waals surface area contributed by atoms with Crippen LogP contribution in [0.5, 0.6) is 0 Å². The minimum Gasteiger partial charge on any atom is -0.377 e. The molecule has 15 nitrogen and oxygen atoms in total. The van der Waals surface area contributed by atoms with E-state index in [1.807, 2.05) is 6.92 Å². The molecule has 0 bridgehead atoms. The molecule has 0 atom stereocenters. The molecular weight excluding hydrogens is 644 g/mol. The monoisotopic (exact) mass is 700 g/mol. The van der Waals surface area contributed by atoms with Crippen molar-refractivity contribution >= 4 is 10.1 Å². The Morgan fingerprint density at radius 2 is 0.723 bits per heavy atom. The highest BCUT2D eigenvalue weighted by atomic mass is 32.2. The van der Waals surface area contributed by atoms with E-state index in [2.05, 4.69) is 0 Å². The van der Waals surface area contributed by atoms with Crippen LogP contribution in [0.4, 0.5) is 0 Å². The van der Waals surface area contributed by atoms with Crippen molar-refractivity contribution in [3.8, 4) is 0 Å². The van der Waals surface area contributed by atoms with Gasteiger partial charge >= 0.3 is 0 Å². The standard InChI is InChI=1S/C31H56O15S/c1-29-4-6-30(7-5-29)47(32,33)46-27-26-44-23-22-42-19-18-40-15-14-38-11-10-36-8-9-37-12-13-39-16-17-41-20-21-43-24-25-45-28-31(34-2)35-3/h4-7,31H,8-28H2,1-3H3. The van der Waals surface area contributed by atoms with E-state index in [-0.39, 0.29) is 24.4 Å². The first-order valence-corrected chi connectivity index (χ1v) is 17.2. The van der Waals surface area contributed by atoms with Gasteiger partial charge in [0.25, 0.3) is 10.1 Å². The Balaban J connectivity index is 1.69. The molecule has 0 saturated carbocycles. The Labute approximate surface area is 280 Å². The lowest BCUT2D eigenvalue weighted by atomic mass is 10.2. The van der Waals surface area contributed by atoms with Crippen molar-refractivity contribution in [3.63, 3.8) is 0 Å². The fourth-order valence-electron chi connectivity index (χ4n) is 3.37. The molecule has 0 fully saturated rings. The van der Waals surface area contributed by atoms with Crippen molar-refractivity contribution in [2.45, 2.75) is 18.1 Å². The summed E-state index contributed by atoms with van der Waals surface area (Å²) in [5.74, 6) is 0. The van der Waals surface area contributed by atoms with E-state index < -0.39 is 10.1 Å². The minimum atomic E-state index is -3.77. The predicted octanol–water partition coefficient (Wildman–Crippen LogP) is 1.49. The highest BCUT2D eigenvalue weighted by Crippen LogP contribution is 2.12. The molecule has 0 aliphatic heterocycles. The van der Waals surface area contributed by atoms with Crippen LogP contribution in [-0.4, -0.2) is 168 Å². The van der Waals surface area contributed by atoms with Crippen LogP contribution in [-0.2, 0) is 71.1 Å². The number of rotatable bonds is 36. The van der Waals surface area contributed by atoms with Crippen molar-refractivity contribution < 1.29 is 69.4 Å². The molecule has 0 aliphatic rings. The molecule has 1 rings (SSSR count). The fourth-order valence-corrected chi connectivity index (χ4v) is 4.26. The second-order valence-corrected chi connectivity index (χ2v) is 11.2. The minimum absolute atomic E-state index is 0.0609. The van der Waals surface area contributed by atoms with E-state index in [1.54, 1.807) is 26.4 Å². The summed E-state index contributed by atoms with van der Waals surface area (Å²) in [5, 5.41) is 0. The van der Waals surface area contributed by atoms with Gasteiger partial charge in [0, 0.05) is 14.2 Å². The van der Waals surface area contributed by atoms with Gasteiger partial charge in [-0.3, -0.25) is 4.18 Å². The van der Waals surface area contributed by atoms with Crippen molar-refractivity contribution in [3.05, 3.63) is 29.8 Å². The second kappa shape index (κ2) is 31.9. The number of aryl methyl sites for hydroxylation is 1. The summed E-state index contributed by atoms with van der Waals surface area (Å²) in [7, 11) is -0.646. The van der Waals surface area contributed by atoms with Crippen molar-refractivity contribution in [2.24, 2.45) is 0 Å². The lowest BCUT2D eigenvalue weighted by Gasteiger charge is -2.13. The zero-order valence-electron chi connectivity index (χ0n) is 28.3. The Bertz CT molecular complexity index is 901. The molecule has 1 aromatic carbocycles. The van der Waals surface area contributed by atoms with Gasteiger partial charge in [-0.05, 0) is 19.1 Å².